The average Bonchev–Trinajstić information content (AvgIpc) is 2.50. The molecule has 1 aliphatic rings. The third kappa shape index (κ3) is 4.52. The highest BCUT2D eigenvalue weighted by atomic mass is 19.1. The molecule has 21 heavy (non-hydrogen) atoms. The maximum atomic E-state index is 13.0. The first kappa shape index (κ1) is 16.4. The molecule has 0 bridgehead atoms. The molecule has 118 valence electrons. The average molecular weight is 292 g/mol. The van der Waals surface area contributed by atoms with E-state index >= 15 is 0 Å². The highest BCUT2D eigenvalue weighted by Crippen LogP contribution is 2.19. The molecule has 3 unspecified atom stereocenters. The first-order chi connectivity index (χ1) is 10.1. The molecule has 1 aromatic carbocycles. The number of nitrogens with one attached hydrogen (secondary N) is 1. The summed E-state index contributed by atoms with van der Waals surface area (Å²) >= 11 is 0. The van der Waals surface area contributed by atoms with Gasteiger partial charge in [0.15, 0.2) is 0 Å². The second kappa shape index (κ2) is 7.90. The van der Waals surface area contributed by atoms with E-state index < -0.39 is 0 Å². The van der Waals surface area contributed by atoms with Crippen molar-refractivity contribution in [3.63, 3.8) is 0 Å². The van der Waals surface area contributed by atoms with Crippen molar-refractivity contribution in [2.24, 2.45) is 0 Å². The molecule has 0 aliphatic carbocycles. The number of halogens is 1. The molecular formula is C18H29FN2. The Balaban J connectivity index is 1.99. The molecule has 1 aliphatic heterocycles. The van der Waals surface area contributed by atoms with Gasteiger partial charge in [0, 0.05) is 31.2 Å². The number of piperazine rings is 1. The summed E-state index contributed by atoms with van der Waals surface area (Å²) in [6, 6.07) is 8.70. The maximum Gasteiger partial charge on any atom is 0.123 e. The van der Waals surface area contributed by atoms with E-state index in [9.17, 15) is 4.39 Å². The number of hydrogen-bond donors (Lipinski definition) is 1. The van der Waals surface area contributed by atoms with Gasteiger partial charge in [-0.25, -0.2) is 4.39 Å². The normalized spacial score (nSPS) is 25.0. The SMILES string of the molecule is CCCC1CN(C(C)Cc2ccc(F)cc2)C(CC)CN1. The maximum absolute atomic E-state index is 13.0. The third-order valence-corrected chi connectivity index (χ3v) is 4.66. The van der Waals surface area contributed by atoms with Gasteiger partial charge in [-0.3, -0.25) is 4.90 Å². The molecule has 0 saturated carbocycles. The predicted molar refractivity (Wildman–Crippen MR) is 87.0 cm³/mol. The summed E-state index contributed by atoms with van der Waals surface area (Å²) in [5, 5.41) is 3.69. The Labute approximate surface area is 128 Å². The topological polar surface area (TPSA) is 15.3 Å². The van der Waals surface area contributed by atoms with Crippen molar-refractivity contribution >= 4 is 0 Å². The molecule has 0 radical (unpaired) electrons. The van der Waals surface area contributed by atoms with E-state index in [0.29, 0.717) is 18.1 Å². The van der Waals surface area contributed by atoms with Gasteiger partial charge in [0.1, 0.15) is 5.82 Å². The van der Waals surface area contributed by atoms with Gasteiger partial charge < -0.3 is 5.32 Å². The lowest BCUT2D eigenvalue weighted by Crippen LogP contribution is -2.59. The van der Waals surface area contributed by atoms with Gasteiger partial charge in [-0.1, -0.05) is 32.4 Å². The molecule has 0 spiro atoms. The van der Waals surface area contributed by atoms with Crippen LogP contribution in [0.3, 0.4) is 0 Å². The molecule has 1 saturated heterocycles. The van der Waals surface area contributed by atoms with Crippen LogP contribution in [0.1, 0.15) is 45.6 Å². The Kier molecular flexibility index (Phi) is 6.19. The van der Waals surface area contributed by atoms with Crippen molar-refractivity contribution in [3.8, 4) is 0 Å². The van der Waals surface area contributed by atoms with Crippen LogP contribution in [0.25, 0.3) is 0 Å². The number of rotatable bonds is 6. The summed E-state index contributed by atoms with van der Waals surface area (Å²) in [6.45, 7) is 9.05. The summed E-state index contributed by atoms with van der Waals surface area (Å²) in [5.41, 5.74) is 1.23. The fraction of sp³-hybridized carbons (Fsp3) is 0.667. The second-order valence-electron chi connectivity index (χ2n) is 6.33. The molecule has 3 heteroatoms. The molecule has 0 aromatic heterocycles. The number of hydrogen-bond acceptors (Lipinski definition) is 2. The van der Waals surface area contributed by atoms with Crippen LogP contribution in [0.5, 0.6) is 0 Å². The Morgan fingerprint density at radius 2 is 2.00 bits per heavy atom. The summed E-state index contributed by atoms with van der Waals surface area (Å²) < 4.78 is 13.0. The van der Waals surface area contributed by atoms with Crippen LogP contribution in [-0.2, 0) is 6.42 Å². The molecule has 1 heterocycles. The van der Waals surface area contributed by atoms with Crippen molar-refractivity contribution in [2.75, 3.05) is 13.1 Å². The summed E-state index contributed by atoms with van der Waals surface area (Å²) in [6.07, 6.45) is 4.65. The fourth-order valence-electron chi connectivity index (χ4n) is 3.43. The minimum absolute atomic E-state index is 0.150. The van der Waals surface area contributed by atoms with Crippen molar-refractivity contribution in [1.82, 2.24) is 10.2 Å². The lowest BCUT2D eigenvalue weighted by molar-refractivity contribution is 0.0836. The molecule has 0 amide bonds. The minimum atomic E-state index is -0.150. The molecular weight excluding hydrogens is 263 g/mol. The predicted octanol–water partition coefficient (Wildman–Crippen LogP) is 3.61. The van der Waals surface area contributed by atoms with Crippen LogP contribution in [0.2, 0.25) is 0 Å². The van der Waals surface area contributed by atoms with Crippen molar-refractivity contribution in [1.29, 1.82) is 0 Å². The molecule has 1 N–H and O–H groups in total. The van der Waals surface area contributed by atoms with Gasteiger partial charge in [-0.2, -0.15) is 0 Å². The van der Waals surface area contributed by atoms with E-state index in [1.807, 2.05) is 12.1 Å². The molecule has 1 aromatic rings. The summed E-state index contributed by atoms with van der Waals surface area (Å²) in [5.74, 6) is -0.150. The van der Waals surface area contributed by atoms with E-state index in [2.05, 4.69) is 31.0 Å². The lowest BCUT2D eigenvalue weighted by atomic mass is 9.98. The van der Waals surface area contributed by atoms with Gasteiger partial charge in [-0.15, -0.1) is 0 Å². The molecule has 2 rings (SSSR count). The van der Waals surface area contributed by atoms with Crippen LogP contribution < -0.4 is 5.32 Å². The summed E-state index contributed by atoms with van der Waals surface area (Å²) in [7, 11) is 0. The highest BCUT2D eigenvalue weighted by Gasteiger charge is 2.29. The Hall–Kier alpha value is -0.930. The fourth-order valence-corrected chi connectivity index (χ4v) is 3.43. The van der Waals surface area contributed by atoms with Crippen LogP contribution in [-0.4, -0.2) is 36.1 Å². The lowest BCUT2D eigenvalue weighted by Gasteiger charge is -2.43. The minimum Gasteiger partial charge on any atom is -0.311 e. The zero-order chi connectivity index (χ0) is 15.2. The third-order valence-electron chi connectivity index (χ3n) is 4.66. The highest BCUT2D eigenvalue weighted by molar-refractivity contribution is 5.17. The van der Waals surface area contributed by atoms with E-state index in [0.717, 1.165) is 19.5 Å². The Bertz CT molecular complexity index is 418. The smallest absolute Gasteiger partial charge is 0.123 e. The second-order valence-corrected chi connectivity index (χ2v) is 6.33. The molecule has 3 atom stereocenters. The van der Waals surface area contributed by atoms with Gasteiger partial charge in [0.2, 0.25) is 0 Å². The molecule has 1 fully saturated rings. The largest absolute Gasteiger partial charge is 0.311 e. The van der Waals surface area contributed by atoms with Crippen LogP contribution >= 0.6 is 0 Å². The molecule has 2 nitrogen and oxygen atoms in total. The monoisotopic (exact) mass is 292 g/mol. The van der Waals surface area contributed by atoms with Crippen molar-refractivity contribution < 1.29 is 4.39 Å². The van der Waals surface area contributed by atoms with Crippen LogP contribution in [0.15, 0.2) is 24.3 Å². The van der Waals surface area contributed by atoms with E-state index in [1.54, 1.807) is 12.1 Å². The zero-order valence-electron chi connectivity index (χ0n) is 13.6. The van der Waals surface area contributed by atoms with Gasteiger partial charge in [0.05, 0.1) is 0 Å². The van der Waals surface area contributed by atoms with Gasteiger partial charge in [0.25, 0.3) is 0 Å². The van der Waals surface area contributed by atoms with Gasteiger partial charge >= 0.3 is 0 Å². The van der Waals surface area contributed by atoms with Gasteiger partial charge in [-0.05, 0) is 43.9 Å². The van der Waals surface area contributed by atoms with Crippen molar-refractivity contribution in [2.45, 2.75) is 64.6 Å². The number of benzene rings is 1. The quantitative estimate of drug-likeness (QED) is 0.861. The zero-order valence-corrected chi connectivity index (χ0v) is 13.6. The van der Waals surface area contributed by atoms with E-state index in [4.69, 9.17) is 0 Å². The summed E-state index contributed by atoms with van der Waals surface area (Å²) in [4.78, 5) is 2.65. The van der Waals surface area contributed by atoms with E-state index in [1.165, 1.54) is 24.8 Å². The first-order valence-corrected chi connectivity index (χ1v) is 8.37. The van der Waals surface area contributed by atoms with Crippen molar-refractivity contribution in [3.05, 3.63) is 35.6 Å². The standard InChI is InChI=1S/C18H29FN2/c1-4-6-17-13-21(18(5-2)12-20-17)14(3)11-15-7-9-16(19)10-8-15/h7-10,14,17-18,20H,4-6,11-13H2,1-3H3. The van der Waals surface area contributed by atoms with E-state index in [-0.39, 0.29) is 5.82 Å². The Morgan fingerprint density at radius 3 is 2.62 bits per heavy atom. The van der Waals surface area contributed by atoms with Crippen LogP contribution in [0, 0.1) is 5.82 Å². The Morgan fingerprint density at radius 1 is 1.29 bits per heavy atom. The number of nitrogens with zero attached hydrogens (tertiary/aromatic N) is 1. The first-order valence-electron chi connectivity index (χ1n) is 8.37. The van der Waals surface area contributed by atoms with Crippen LogP contribution in [0.4, 0.5) is 4.39 Å².